The minimum atomic E-state index is -0.965. The van der Waals surface area contributed by atoms with Crippen molar-refractivity contribution in [1.29, 1.82) is 0 Å². The van der Waals surface area contributed by atoms with Crippen LogP contribution in [0, 0.1) is 0 Å². The van der Waals surface area contributed by atoms with E-state index in [0.29, 0.717) is 23.2 Å². The summed E-state index contributed by atoms with van der Waals surface area (Å²) in [5, 5.41) is 18.2. The van der Waals surface area contributed by atoms with E-state index in [1.165, 1.54) is 0 Å². The number of carbonyl (C=O) groups is 4. The Balaban J connectivity index is 1.40. The largest absolute Gasteiger partial charge is 0.481 e. The lowest BCUT2D eigenvalue weighted by Gasteiger charge is -2.20. The van der Waals surface area contributed by atoms with Crippen LogP contribution in [0.2, 0.25) is 0 Å². The number of fused-ring (bicyclic) bond motifs is 1. The quantitative estimate of drug-likeness (QED) is 0.175. The van der Waals surface area contributed by atoms with Crippen LogP contribution in [0.4, 0.5) is 10.5 Å². The monoisotopic (exact) mass is 569 g/mol. The SMILES string of the molecule is O=C(O)CCc1ccccc1NC(=O)[C@H](CCCNC(=O)OCc1ccncc1)NC(=O)c1ccc2ccccc2n1. The second kappa shape index (κ2) is 14.9. The number of amides is 3. The summed E-state index contributed by atoms with van der Waals surface area (Å²) in [7, 11) is 0. The van der Waals surface area contributed by atoms with E-state index in [9.17, 15) is 19.2 Å². The maximum Gasteiger partial charge on any atom is 0.407 e. The van der Waals surface area contributed by atoms with Crippen LogP contribution in [-0.2, 0) is 27.4 Å². The number of aliphatic carboxylic acids is 1. The zero-order valence-corrected chi connectivity index (χ0v) is 22.8. The van der Waals surface area contributed by atoms with Crippen molar-refractivity contribution in [2.24, 2.45) is 0 Å². The number of carbonyl (C=O) groups excluding carboxylic acids is 3. The van der Waals surface area contributed by atoms with Crippen molar-refractivity contribution in [2.45, 2.75) is 38.3 Å². The molecule has 0 bridgehead atoms. The number of rotatable bonds is 13. The molecule has 0 fully saturated rings. The predicted octanol–water partition coefficient (Wildman–Crippen LogP) is 4.09. The van der Waals surface area contributed by atoms with E-state index >= 15 is 0 Å². The molecule has 0 unspecified atom stereocenters. The molecule has 3 amide bonds. The first kappa shape index (κ1) is 29.7. The van der Waals surface area contributed by atoms with Gasteiger partial charge in [-0.05, 0) is 60.7 Å². The van der Waals surface area contributed by atoms with Gasteiger partial charge in [-0.1, -0.05) is 42.5 Å². The fraction of sp³-hybridized carbons (Fsp3) is 0.226. The number of hydrogen-bond donors (Lipinski definition) is 4. The molecule has 0 spiro atoms. The average molecular weight is 570 g/mol. The zero-order valence-electron chi connectivity index (χ0n) is 22.8. The van der Waals surface area contributed by atoms with Gasteiger partial charge in [0.25, 0.3) is 5.91 Å². The highest BCUT2D eigenvalue weighted by Crippen LogP contribution is 2.18. The molecule has 216 valence electrons. The predicted molar refractivity (Wildman–Crippen MR) is 156 cm³/mol. The first-order valence-electron chi connectivity index (χ1n) is 13.5. The number of carboxylic acid groups (broad SMARTS) is 1. The minimum absolute atomic E-state index is 0.0927. The minimum Gasteiger partial charge on any atom is -0.481 e. The molecule has 11 nitrogen and oxygen atoms in total. The standard InChI is InChI=1S/C31H31N5O6/c37-28(38)14-12-23-7-2-4-9-25(23)35-29(39)26(10-5-17-33-31(41)42-20-21-15-18-32-19-16-21)36-30(40)27-13-11-22-6-1-3-8-24(22)34-27/h1-4,6-9,11,13,15-16,18-19,26H,5,10,12,14,17,20H2,(H,33,41)(H,35,39)(H,36,40)(H,37,38)/t26-/m0/s1. The fourth-order valence-electron chi connectivity index (χ4n) is 4.19. The van der Waals surface area contributed by atoms with Crippen molar-refractivity contribution < 1.29 is 29.0 Å². The van der Waals surface area contributed by atoms with Gasteiger partial charge < -0.3 is 25.8 Å². The van der Waals surface area contributed by atoms with Crippen LogP contribution in [0.3, 0.4) is 0 Å². The summed E-state index contributed by atoms with van der Waals surface area (Å²) in [5.41, 5.74) is 2.72. The van der Waals surface area contributed by atoms with Gasteiger partial charge in [-0.15, -0.1) is 0 Å². The van der Waals surface area contributed by atoms with Crippen LogP contribution >= 0.6 is 0 Å². The molecule has 0 saturated heterocycles. The van der Waals surface area contributed by atoms with Gasteiger partial charge in [0.15, 0.2) is 0 Å². The molecule has 0 saturated carbocycles. The van der Waals surface area contributed by atoms with Crippen molar-refractivity contribution >= 4 is 40.5 Å². The lowest BCUT2D eigenvalue weighted by atomic mass is 10.1. The van der Waals surface area contributed by atoms with Gasteiger partial charge >= 0.3 is 12.1 Å². The Morgan fingerprint density at radius 3 is 2.48 bits per heavy atom. The third-order valence-corrected chi connectivity index (χ3v) is 6.39. The molecular formula is C31H31N5O6. The summed E-state index contributed by atoms with van der Waals surface area (Å²) in [6, 6.07) is 20.2. The molecule has 2 aromatic carbocycles. The van der Waals surface area contributed by atoms with Gasteiger partial charge in [0.05, 0.1) is 5.52 Å². The molecule has 2 heterocycles. The second-order valence-electron chi connectivity index (χ2n) is 9.46. The van der Waals surface area contributed by atoms with E-state index in [2.05, 4.69) is 25.9 Å². The Hall–Kier alpha value is -5.32. The van der Waals surface area contributed by atoms with Gasteiger partial charge in [0.1, 0.15) is 18.3 Å². The summed E-state index contributed by atoms with van der Waals surface area (Å²) in [6.45, 7) is 0.299. The Morgan fingerprint density at radius 1 is 0.905 bits per heavy atom. The van der Waals surface area contributed by atoms with Crippen LogP contribution in [-0.4, -0.2) is 51.5 Å². The van der Waals surface area contributed by atoms with E-state index in [1.807, 2.05) is 18.2 Å². The number of nitrogens with one attached hydrogen (secondary N) is 3. The highest BCUT2D eigenvalue weighted by molar-refractivity contribution is 6.01. The number of aryl methyl sites for hydroxylation is 1. The molecule has 2 aromatic heterocycles. The number of anilines is 1. The molecule has 4 aromatic rings. The Bertz CT molecular complexity index is 1550. The molecule has 11 heteroatoms. The molecule has 4 N–H and O–H groups in total. The summed E-state index contributed by atoms with van der Waals surface area (Å²) < 4.78 is 5.20. The number of pyridine rings is 2. The number of nitrogens with zero attached hydrogens (tertiary/aromatic N) is 2. The maximum absolute atomic E-state index is 13.4. The van der Waals surface area contributed by atoms with E-state index < -0.39 is 29.9 Å². The first-order valence-corrected chi connectivity index (χ1v) is 13.5. The third-order valence-electron chi connectivity index (χ3n) is 6.39. The normalized spacial score (nSPS) is 11.3. The maximum atomic E-state index is 13.4. The molecular weight excluding hydrogens is 538 g/mol. The van der Waals surface area contributed by atoms with Crippen LogP contribution in [0.15, 0.2) is 85.2 Å². The summed E-state index contributed by atoms with van der Waals surface area (Å²) in [5.74, 6) is -1.95. The van der Waals surface area contributed by atoms with Crippen LogP contribution in [0.1, 0.15) is 40.9 Å². The number of aromatic nitrogens is 2. The lowest BCUT2D eigenvalue weighted by Crippen LogP contribution is -2.44. The Morgan fingerprint density at radius 2 is 1.67 bits per heavy atom. The van der Waals surface area contributed by atoms with Gasteiger partial charge in [0.2, 0.25) is 5.91 Å². The van der Waals surface area contributed by atoms with Crippen LogP contribution < -0.4 is 16.0 Å². The van der Waals surface area contributed by atoms with Crippen LogP contribution in [0.25, 0.3) is 10.9 Å². The summed E-state index contributed by atoms with van der Waals surface area (Å²) >= 11 is 0. The smallest absolute Gasteiger partial charge is 0.407 e. The molecule has 0 aliphatic rings. The average Bonchev–Trinajstić information content (AvgIpc) is 3.01. The topological polar surface area (TPSA) is 160 Å². The summed E-state index contributed by atoms with van der Waals surface area (Å²) in [4.78, 5) is 58.1. The zero-order chi connectivity index (χ0) is 29.7. The van der Waals surface area contributed by atoms with Gasteiger partial charge in [-0.3, -0.25) is 19.4 Å². The van der Waals surface area contributed by atoms with E-state index in [4.69, 9.17) is 9.84 Å². The number of benzene rings is 2. The highest BCUT2D eigenvalue weighted by atomic mass is 16.5. The Labute approximate surface area is 242 Å². The number of carboxylic acids is 1. The summed E-state index contributed by atoms with van der Waals surface area (Å²) in [6.07, 6.45) is 3.30. The molecule has 0 aliphatic heterocycles. The number of para-hydroxylation sites is 2. The molecule has 0 aliphatic carbocycles. The van der Waals surface area contributed by atoms with Gasteiger partial charge in [-0.2, -0.15) is 0 Å². The first-order chi connectivity index (χ1) is 20.4. The van der Waals surface area contributed by atoms with Crippen molar-refractivity contribution in [3.8, 4) is 0 Å². The van der Waals surface area contributed by atoms with Gasteiger partial charge in [0, 0.05) is 36.4 Å². The van der Waals surface area contributed by atoms with E-state index in [-0.39, 0.29) is 38.1 Å². The lowest BCUT2D eigenvalue weighted by molar-refractivity contribution is -0.137. The highest BCUT2D eigenvalue weighted by Gasteiger charge is 2.23. The van der Waals surface area contributed by atoms with E-state index in [1.54, 1.807) is 67.0 Å². The van der Waals surface area contributed by atoms with Crippen molar-refractivity contribution in [2.75, 3.05) is 11.9 Å². The van der Waals surface area contributed by atoms with Crippen molar-refractivity contribution in [3.05, 3.63) is 102 Å². The number of alkyl carbamates (subject to hydrolysis) is 1. The van der Waals surface area contributed by atoms with Crippen molar-refractivity contribution in [1.82, 2.24) is 20.6 Å². The molecule has 1 atom stereocenters. The Kier molecular flexibility index (Phi) is 10.5. The van der Waals surface area contributed by atoms with E-state index in [0.717, 1.165) is 10.9 Å². The number of hydrogen-bond acceptors (Lipinski definition) is 7. The second-order valence-corrected chi connectivity index (χ2v) is 9.46. The molecule has 42 heavy (non-hydrogen) atoms. The molecule has 0 radical (unpaired) electrons. The van der Waals surface area contributed by atoms with Crippen LogP contribution in [0.5, 0.6) is 0 Å². The van der Waals surface area contributed by atoms with Crippen molar-refractivity contribution in [3.63, 3.8) is 0 Å². The van der Waals surface area contributed by atoms with Gasteiger partial charge in [-0.25, -0.2) is 9.78 Å². The number of ether oxygens (including phenoxy) is 1. The fourth-order valence-corrected chi connectivity index (χ4v) is 4.19. The molecule has 4 rings (SSSR count). The third kappa shape index (κ3) is 8.85.